The van der Waals surface area contributed by atoms with Gasteiger partial charge in [0.25, 0.3) is 0 Å². The lowest BCUT2D eigenvalue weighted by Gasteiger charge is -2.09. The Balaban J connectivity index is 1.66. The van der Waals surface area contributed by atoms with Gasteiger partial charge in [-0.2, -0.15) is 0 Å². The van der Waals surface area contributed by atoms with Crippen LogP contribution in [0.2, 0.25) is 0 Å². The van der Waals surface area contributed by atoms with Crippen molar-refractivity contribution in [2.45, 2.75) is 33.1 Å². The molecule has 108 valence electrons. The van der Waals surface area contributed by atoms with Crippen molar-refractivity contribution in [2.24, 2.45) is 11.8 Å². The SMILES string of the molecule is CCOc1ccc2nc(NCC3CCC(C)C3)sc2c1. The van der Waals surface area contributed by atoms with Crippen LogP contribution in [-0.2, 0) is 0 Å². The first-order chi connectivity index (χ1) is 9.74. The zero-order valence-corrected chi connectivity index (χ0v) is 13.0. The van der Waals surface area contributed by atoms with E-state index in [2.05, 4.69) is 23.3 Å². The van der Waals surface area contributed by atoms with Crippen LogP contribution >= 0.6 is 11.3 Å². The molecule has 1 heterocycles. The minimum atomic E-state index is 0.704. The minimum absolute atomic E-state index is 0.704. The molecule has 2 unspecified atom stereocenters. The van der Waals surface area contributed by atoms with E-state index in [1.54, 1.807) is 11.3 Å². The predicted octanol–water partition coefficient (Wildman–Crippen LogP) is 4.54. The van der Waals surface area contributed by atoms with Gasteiger partial charge < -0.3 is 10.1 Å². The summed E-state index contributed by atoms with van der Waals surface area (Å²) in [6.45, 7) is 6.12. The topological polar surface area (TPSA) is 34.1 Å². The van der Waals surface area contributed by atoms with Crippen LogP contribution < -0.4 is 10.1 Å². The molecule has 0 amide bonds. The Kier molecular flexibility index (Phi) is 4.10. The average molecular weight is 290 g/mol. The van der Waals surface area contributed by atoms with Gasteiger partial charge in [-0.1, -0.05) is 24.7 Å². The zero-order valence-electron chi connectivity index (χ0n) is 12.2. The molecule has 1 N–H and O–H groups in total. The number of thiazole rings is 1. The van der Waals surface area contributed by atoms with Gasteiger partial charge in [0.1, 0.15) is 5.75 Å². The number of hydrogen-bond acceptors (Lipinski definition) is 4. The Morgan fingerprint density at radius 3 is 3.05 bits per heavy atom. The summed E-state index contributed by atoms with van der Waals surface area (Å²) >= 11 is 1.72. The molecule has 1 saturated carbocycles. The van der Waals surface area contributed by atoms with E-state index in [1.807, 2.05) is 19.1 Å². The summed E-state index contributed by atoms with van der Waals surface area (Å²) in [6, 6.07) is 6.12. The maximum atomic E-state index is 5.53. The van der Waals surface area contributed by atoms with Crippen LogP contribution in [0.5, 0.6) is 5.75 Å². The predicted molar refractivity (Wildman–Crippen MR) is 85.8 cm³/mol. The van der Waals surface area contributed by atoms with Crippen LogP contribution in [0, 0.1) is 11.8 Å². The molecule has 1 aliphatic carbocycles. The second-order valence-electron chi connectivity index (χ2n) is 5.75. The van der Waals surface area contributed by atoms with Crippen LogP contribution in [0.4, 0.5) is 5.13 Å². The van der Waals surface area contributed by atoms with Gasteiger partial charge in [0.2, 0.25) is 0 Å². The molecule has 1 aromatic heterocycles. The van der Waals surface area contributed by atoms with Crippen molar-refractivity contribution < 1.29 is 4.74 Å². The third-order valence-electron chi connectivity index (χ3n) is 4.02. The van der Waals surface area contributed by atoms with E-state index in [9.17, 15) is 0 Å². The highest BCUT2D eigenvalue weighted by molar-refractivity contribution is 7.22. The number of aromatic nitrogens is 1. The standard InChI is InChI=1S/C16H22N2OS/c1-3-19-13-6-7-14-15(9-13)20-16(18-14)17-10-12-5-4-11(2)8-12/h6-7,9,11-12H,3-5,8,10H2,1-2H3,(H,17,18). The summed E-state index contributed by atoms with van der Waals surface area (Å²) in [5.41, 5.74) is 1.06. The number of fused-ring (bicyclic) bond motifs is 1. The van der Waals surface area contributed by atoms with E-state index < -0.39 is 0 Å². The fraction of sp³-hybridized carbons (Fsp3) is 0.562. The molecule has 2 aromatic rings. The van der Waals surface area contributed by atoms with Crippen molar-refractivity contribution in [3.63, 3.8) is 0 Å². The van der Waals surface area contributed by atoms with Crippen molar-refractivity contribution in [1.29, 1.82) is 0 Å². The fourth-order valence-corrected chi connectivity index (χ4v) is 3.88. The third kappa shape index (κ3) is 3.06. The second-order valence-corrected chi connectivity index (χ2v) is 6.78. The smallest absolute Gasteiger partial charge is 0.183 e. The monoisotopic (exact) mass is 290 g/mol. The van der Waals surface area contributed by atoms with E-state index >= 15 is 0 Å². The number of ether oxygens (including phenoxy) is 1. The average Bonchev–Trinajstić information content (AvgIpc) is 3.02. The van der Waals surface area contributed by atoms with Crippen LogP contribution in [-0.4, -0.2) is 18.1 Å². The molecule has 1 aliphatic rings. The molecular weight excluding hydrogens is 268 g/mol. The first-order valence-electron chi connectivity index (χ1n) is 7.52. The van der Waals surface area contributed by atoms with Crippen molar-refractivity contribution in [3.05, 3.63) is 18.2 Å². The number of anilines is 1. The summed E-state index contributed by atoms with van der Waals surface area (Å²) in [6.07, 6.45) is 4.09. The molecule has 0 saturated heterocycles. The van der Waals surface area contributed by atoms with E-state index in [0.29, 0.717) is 6.61 Å². The van der Waals surface area contributed by atoms with Gasteiger partial charge in [0, 0.05) is 6.54 Å². The summed E-state index contributed by atoms with van der Waals surface area (Å²) in [5, 5.41) is 4.55. The molecule has 0 aliphatic heterocycles. The molecule has 20 heavy (non-hydrogen) atoms. The van der Waals surface area contributed by atoms with E-state index in [0.717, 1.165) is 34.8 Å². The molecule has 3 nitrogen and oxygen atoms in total. The molecular formula is C16H22N2OS. The highest BCUT2D eigenvalue weighted by Crippen LogP contribution is 2.32. The summed E-state index contributed by atoms with van der Waals surface area (Å²) < 4.78 is 6.73. The highest BCUT2D eigenvalue weighted by atomic mass is 32.1. The largest absolute Gasteiger partial charge is 0.494 e. The van der Waals surface area contributed by atoms with E-state index in [4.69, 9.17) is 4.74 Å². The van der Waals surface area contributed by atoms with Crippen molar-refractivity contribution in [1.82, 2.24) is 4.98 Å². The summed E-state index contributed by atoms with van der Waals surface area (Å²) in [7, 11) is 0. The Labute approximate surface area is 124 Å². The van der Waals surface area contributed by atoms with Gasteiger partial charge in [-0.15, -0.1) is 0 Å². The van der Waals surface area contributed by atoms with E-state index in [-0.39, 0.29) is 0 Å². The molecule has 1 fully saturated rings. The number of benzene rings is 1. The molecule has 2 atom stereocenters. The first kappa shape index (κ1) is 13.7. The molecule has 0 spiro atoms. The summed E-state index contributed by atoms with van der Waals surface area (Å²) in [5.74, 6) is 2.64. The molecule has 0 radical (unpaired) electrons. The maximum absolute atomic E-state index is 5.53. The number of rotatable bonds is 5. The lowest BCUT2D eigenvalue weighted by Crippen LogP contribution is -2.11. The Hall–Kier alpha value is -1.29. The Morgan fingerprint density at radius 1 is 1.40 bits per heavy atom. The van der Waals surface area contributed by atoms with Crippen LogP contribution in [0.3, 0.4) is 0 Å². The van der Waals surface area contributed by atoms with Crippen LogP contribution in [0.15, 0.2) is 18.2 Å². The van der Waals surface area contributed by atoms with Gasteiger partial charge in [-0.3, -0.25) is 0 Å². The number of nitrogens with one attached hydrogen (secondary N) is 1. The summed E-state index contributed by atoms with van der Waals surface area (Å²) in [4.78, 5) is 4.65. The van der Waals surface area contributed by atoms with Gasteiger partial charge >= 0.3 is 0 Å². The van der Waals surface area contributed by atoms with Gasteiger partial charge in [-0.25, -0.2) is 4.98 Å². The third-order valence-corrected chi connectivity index (χ3v) is 4.99. The van der Waals surface area contributed by atoms with Gasteiger partial charge in [0.15, 0.2) is 5.13 Å². The lowest BCUT2D eigenvalue weighted by molar-refractivity contribution is 0.341. The van der Waals surface area contributed by atoms with Crippen molar-refractivity contribution in [2.75, 3.05) is 18.5 Å². The first-order valence-corrected chi connectivity index (χ1v) is 8.33. The fourth-order valence-electron chi connectivity index (χ4n) is 2.98. The number of hydrogen-bond donors (Lipinski definition) is 1. The van der Waals surface area contributed by atoms with Gasteiger partial charge in [0.05, 0.1) is 16.8 Å². The molecule has 0 bridgehead atoms. The molecule has 4 heteroatoms. The van der Waals surface area contributed by atoms with Crippen LogP contribution in [0.25, 0.3) is 10.2 Å². The second kappa shape index (κ2) is 6.00. The molecule has 1 aromatic carbocycles. The van der Waals surface area contributed by atoms with Crippen molar-refractivity contribution in [3.8, 4) is 5.75 Å². The minimum Gasteiger partial charge on any atom is -0.494 e. The number of nitrogens with zero attached hydrogens (tertiary/aromatic N) is 1. The zero-order chi connectivity index (χ0) is 13.9. The lowest BCUT2D eigenvalue weighted by atomic mass is 10.1. The van der Waals surface area contributed by atoms with Crippen LogP contribution in [0.1, 0.15) is 33.1 Å². The quantitative estimate of drug-likeness (QED) is 0.877. The molecule has 3 rings (SSSR count). The van der Waals surface area contributed by atoms with Gasteiger partial charge in [-0.05, 0) is 49.8 Å². The highest BCUT2D eigenvalue weighted by Gasteiger charge is 2.21. The maximum Gasteiger partial charge on any atom is 0.183 e. The van der Waals surface area contributed by atoms with E-state index in [1.165, 1.54) is 24.0 Å². The van der Waals surface area contributed by atoms with Crippen molar-refractivity contribution >= 4 is 26.7 Å². The normalized spacial score (nSPS) is 22.3. The Morgan fingerprint density at radius 2 is 2.30 bits per heavy atom. The Bertz CT molecular complexity index is 581.